The fraction of sp³-hybridized carbons (Fsp3) is 0.500. The van der Waals surface area contributed by atoms with E-state index in [0.717, 1.165) is 6.20 Å². The Hall–Kier alpha value is -3.73. The second-order valence-corrected chi connectivity index (χ2v) is 10.7. The molecule has 11 heteroatoms. The van der Waals surface area contributed by atoms with Crippen LogP contribution >= 0.6 is 0 Å². The molecule has 1 unspecified atom stereocenters. The van der Waals surface area contributed by atoms with E-state index in [9.17, 15) is 18.8 Å². The number of hydrogen-bond acceptors (Lipinski definition) is 7. The first-order valence-corrected chi connectivity index (χ1v) is 13.0. The minimum atomic E-state index is -0.683. The molecule has 1 aromatic carbocycles. The van der Waals surface area contributed by atoms with E-state index in [-0.39, 0.29) is 29.0 Å². The van der Waals surface area contributed by atoms with E-state index in [1.807, 2.05) is 27.7 Å². The van der Waals surface area contributed by atoms with Crippen molar-refractivity contribution in [3.05, 3.63) is 58.7 Å². The van der Waals surface area contributed by atoms with E-state index >= 15 is 0 Å². The molecule has 1 fully saturated rings. The maximum absolute atomic E-state index is 13.7. The van der Waals surface area contributed by atoms with Crippen molar-refractivity contribution in [3.63, 3.8) is 0 Å². The van der Waals surface area contributed by atoms with Gasteiger partial charge in [0.15, 0.2) is 6.10 Å². The number of carbonyl (C=O) groups excluding carboxylic acids is 3. The Balaban J connectivity index is 1.89. The minimum Gasteiger partial charge on any atom is -0.482 e. The average molecular weight is 544 g/mol. The van der Waals surface area contributed by atoms with E-state index < -0.39 is 29.3 Å². The van der Waals surface area contributed by atoms with E-state index in [2.05, 4.69) is 15.2 Å². The van der Waals surface area contributed by atoms with Gasteiger partial charge in [-0.25, -0.2) is 9.18 Å². The fourth-order valence-corrected chi connectivity index (χ4v) is 4.42. The molecule has 2 heterocycles. The van der Waals surface area contributed by atoms with Crippen LogP contribution in [-0.2, 0) is 4.74 Å². The number of aromatic nitrogens is 1. The van der Waals surface area contributed by atoms with Crippen LogP contribution in [0.25, 0.3) is 0 Å². The summed E-state index contributed by atoms with van der Waals surface area (Å²) in [5, 5.41) is 2.73. The first-order chi connectivity index (χ1) is 18.3. The summed E-state index contributed by atoms with van der Waals surface area (Å²) in [6.45, 7) is 13.2. The second kappa shape index (κ2) is 12.4. The number of rotatable bonds is 8. The molecular formula is C28H38FN5O5. The summed E-state index contributed by atoms with van der Waals surface area (Å²) in [5.74, 6) is -1.31. The average Bonchev–Trinajstić information content (AvgIpc) is 2.83. The normalized spacial score (nSPS) is 16.9. The molecule has 1 aliphatic heterocycles. The smallest absolute Gasteiger partial charge is 0.410 e. The van der Waals surface area contributed by atoms with Crippen LogP contribution in [0.1, 0.15) is 72.7 Å². The number of nitrogens with two attached hydrogens (primary N) is 1. The molecule has 3 N–H and O–H groups in total. The number of primary amides is 1. The predicted octanol–water partition coefficient (Wildman–Crippen LogP) is 3.44. The number of aryl methyl sites for hydroxylation is 1. The zero-order valence-electron chi connectivity index (χ0n) is 23.4. The van der Waals surface area contributed by atoms with Gasteiger partial charge in [0.05, 0.1) is 17.5 Å². The highest BCUT2D eigenvalue weighted by Gasteiger charge is 2.33. The van der Waals surface area contributed by atoms with Gasteiger partial charge >= 0.3 is 6.09 Å². The highest BCUT2D eigenvalue weighted by molar-refractivity contribution is 6.02. The molecule has 0 aliphatic carbocycles. The fourth-order valence-electron chi connectivity index (χ4n) is 4.42. The van der Waals surface area contributed by atoms with Gasteiger partial charge in [-0.1, -0.05) is 0 Å². The zero-order valence-corrected chi connectivity index (χ0v) is 23.4. The molecule has 0 bridgehead atoms. The molecule has 212 valence electrons. The Kier molecular flexibility index (Phi) is 9.49. The van der Waals surface area contributed by atoms with Crippen LogP contribution in [0.2, 0.25) is 0 Å². The summed E-state index contributed by atoms with van der Waals surface area (Å²) < 4.78 is 25.6. The van der Waals surface area contributed by atoms with E-state index in [0.29, 0.717) is 44.0 Å². The largest absolute Gasteiger partial charge is 0.482 e. The Morgan fingerprint density at radius 1 is 1.21 bits per heavy atom. The SMILES string of the molecule is CCNC(=O)c1cc(C(N)=O)c(C)cc1OC(CN1CCN(C(=O)OC(C)(C)C)[C@H](C)C1)c1ccc(F)cn1. The van der Waals surface area contributed by atoms with Crippen molar-refractivity contribution in [2.75, 3.05) is 32.7 Å². The first kappa shape index (κ1) is 29.8. The van der Waals surface area contributed by atoms with Crippen molar-refractivity contribution in [1.29, 1.82) is 0 Å². The summed E-state index contributed by atoms with van der Waals surface area (Å²) in [6, 6.07) is 5.74. The third kappa shape index (κ3) is 7.89. The summed E-state index contributed by atoms with van der Waals surface area (Å²) in [4.78, 5) is 45.5. The van der Waals surface area contributed by atoms with Crippen LogP contribution in [0, 0.1) is 12.7 Å². The van der Waals surface area contributed by atoms with E-state index in [4.69, 9.17) is 15.2 Å². The monoisotopic (exact) mass is 543 g/mol. The van der Waals surface area contributed by atoms with Gasteiger partial charge in [0.25, 0.3) is 5.91 Å². The molecule has 1 aromatic heterocycles. The molecule has 3 amide bonds. The Morgan fingerprint density at radius 2 is 1.92 bits per heavy atom. The lowest BCUT2D eigenvalue weighted by molar-refractivity contribution is -0.00317. The first-order valence-electron chi connectivity index (χ1n) is 13.0. The number of nitrogens with zero attached hydrogens (tertiary/aromatic N) is 3. The number of carbonyl (C=O) groups is 3. The maximum Gasteiger partial charge on any atom is 0.410 e. The van der Waals surface area contributed by atoms with Gasteiger partial charge in [-0.15, -0.1) is 0 Å². The highest BCUT2D eigenvalue weighted by Crippen LogP contribution is 2.30. The van der Waals surface area contributed by atoms with Crippen molar-refractivity contribution in [2.24, 2.45) is 5.73 Å². The number of ether oxygens (including phenoxy) is 2. The molecule has 0 spiro atoms. The molecular weight excluding hydrogens is 505 g/mol. The maximum atomic E-state index is 13.7. The third-order valence-corrected chi connectivity index (χ3v) is 6.29. The summed E-state index contributed by atoms with van der Waals surface area (Å²) in [7, 11) is 0. The topological polar surface area (TPSA) is 127 Å². The van der Waals surface area contributed by atoms with Gasteiger partial charge in [-0.3, -0.25) is 19.5 Å². The zero-order chi connectivity index (χ0) is 28.9. The van der Waals surface area contributed by atoms with Crippen LogP contribution in [-0.4, -0.2) is 77.1 Å². The van der Waals surface area contributed by atoms with Crippen molar-refractivity contribution in [1.82, 2.24) is 20.1 Å². The lowest BCUT2D eigenvalue weighted by Crippen LogP contribution is -2.55. The van der Waals surface area contributed by atoms with Crippen molar-refractivity contribution < 1.29 is 28.2 Å². The summed E-state index contributed by atoms with van der Waals surface area (Å²) in [6.07, 6.45) is 0.0677. The van der Waals surface area contributed by atoms with Crippen LogP contribution < -0.4 is 15.8 Å². The lowest BCUT2D eigenvalue weighted by atomic mass is 10.0. The number of amides is 3. The standard InChI is InChI=1S/C28H38FN5O5/c1-7-31-26(36)21-13-20(25(30)35)17(2)12-23(21)38-24(22-9-8-19(29)14-32-22)16-33-10-11-34(18(3)15-33)27(37)39-28(4,5)6/h8-9,12-14,18,24H,7,10-11,15-16H2,1-6H3,(H2,30,35)(H,31,36)/t18-,24?/m1/s1. The van der Waals surface area contributed by atoms with E-state index in [1.165, 1.54) is 18.2 Å². The van der Waals surface area contributed by atoms with Crippen molar-refractivity contribution in [2.45, 2.75) is 59.3 Å². The minimum absolute atomic E-state index is 0.126. The van der Waals surface area contributed by atoms with E-state index in [1.54, 1.807) is 24.8 Å². The second-order valence-electron chi connectivity index (χ2n) is 10.7. The molecule has 1 aliphatic rings. The van der Waals surface area contributed by atoms with Crippen LogP contribution in [0.15, 0.2) is 30.5 Å². The highest BCUT2D eigenvalue weighted by atomic mass is 19.1. The molecule has 39 heavy (non-hydrogen) atoms. The molecule has 2 atom stereocenters. The Labute approximate surface area is 228 Å². The molecule has 3 rings (SSSR count). The van der Waals surface area contributed by atoms with Crippen molar-refractivity contribution >= 4 is 17.9 Å². The number of piperazine rings is 1. The molecule has 0 saturated carbocycles. The van der Waals surface area contributed by atoms with Gasteiger partial charge in [0.2, 0.25) is 5.91 Å². The van der Waals surface area contributed by atoms with Crippen molar-refractivity contribution in [3.8, 4) is 5.75 Å². The van der Waals surface area contributed by atoms with Crippen LogP contribution in [0.4, 0.5) is 9.18 Å². The van der Waals surface area contributed by atoms with Gasteiger partial charge in [-0.05, 0) is 71.4 Å². The number of pyridine rings is 1. The summed E-state index contributed by atoms with van der Waals surface area (Å²) in [5.41, 5.74) is 6.32. The lowest BCUT2D eigenvalue weighted by Gasteiger charge is -2.41. The Bertz CT molecular complexity index is 1200. The third-order valence-electron chi connectivity index (χ3n) is 6.29. The molecule has 10 nitrogen and oxygen atoms in total. The molecule has 2 aromatic rings. The Morgan fingerprint density at radius 3 is 2.49 bits per heavy atom. The summed E-state index contributed by atoms with van der Waals surface area (Å²) >= 11 is 0. The van der Waals surface area contributed by atoms with Gasteiger partial charge in [0, 0.05) is 44.3 Å². The van der Waals surface area contributed by atoms with Gasteiger partial charge in [0.1, 0.15) is 17.2 Å². The number of hydrogen-bond donors (Lipinski definition) is 2. The quantitative estimate of drug-likeness (QED) is 0.522. The van der Waals surface area contributed by atoms with Gasteiger partial charge in [-0.2, -0.15) is 0 Å². The van der Waals surface area contributed by atoms with Gasteiger partial charge < -0.3 is 25.4 Å². The predicted molar refractivity (Wildman–Crippen MR) is 144 cm³/mol. The number of halogens is 1. The van der Waals surface area contributed by atoms with Crippen LogP contribution in [0.3, 0.4) is 0 Å². The number of nitrogens with one attached hydrogen (secondary N) is 1. The number of benzene rings is 1. The van der Waals surface area contributed by atoms with Crippen LogP contribution in [0.5, 0.6) is 5.75 Å². The molecule has 0 radical (unpaired) electrons. The molecule has 1 saturated heterocycles.